The highest BCUT2D eigenvalue weighted by atomic mass is 16.8. The minimum atomic E-state index is -2.54. The van der Waals surface area contributed by atoms with Crippen LogP contribution in [0.1, 0.15) is 41.0 Å². The molecule has 12 heteroatoms. The van der Waals surface area contributed by atoms with Crippen LogP contribution >= 0.6 is 0 Å². The molecule has 31 heavy (non-hydrogen) atoms. The van der Waals surface area contributed by atoms with Crippen LogP contribution in [0.4, 0.5) is 0 Å². The van der Waals surface area contributed by atoms with Gasteiger partial charge in [-0.15, -0.1) is 0 Å². The SMILES string of the molecule is COC(=O)[C@]1(O)C[C@@H](OC(C)=O)[C@@H](NC(C)=O)C([C@H](OC(C)=O)[C@H]2COC(C)(C)O2)O1. The van der Waals surface area contributed by atoms with Crippen molar-refractivity contribution in [2.75, 3.05) is 13.7 Å². The van der Waals surface area contributed by atoms with Gasteiger partial charge < -0.3 is 38.8 Å². The molecule has 176 valence electrons. The van der Waals surface area contributed by atoms with E-state index in [1.807, 2.05) is 0 Å². The quantitative estimate of drug-likeness (QED) is 0.386. The summed E-state index contributed by atoms with van der Waals surface area (Å²) in [5.41, 5.74) is 0. The maximum Gasteiger partial charge on any atom is 0.366 e. The van der Waals surface area contributed by atoms with E-state index in [9.17, 15) is 24.3 Å². The number of hydrogen-bond donors (Lipinski definition) is 2. The average Bonchev–Trinajstić information content (AvgIpc) is 2.99. The molecule has 0 radical (unpaired) electrons. The minimum absolute atomic E-state index is 0.00746. The molecule has 2 N–H and O–H groups in total. The molecule has 0 spiro atoms. The number of carbonyl (C=O) groups is 4. The highest BCUT2D eigenvalue weighted by molar-refractivity contribution is 5.78. The zero-order valence-corrected chi connectivity index (χ0v) is 18.3. The summed E-state index contributed by atoms with van der Waals surface area (Å²) < 4.78 is 32.3. The molecule has 2 aliphatic heterocycles. The molecule has 0 aromatic heterocycles. The molecule has 12 nitrogen and oxygen atoms in total. The van der Waals surface area contributed by atoms with Crippen LogP contribution in [0.3, 0.4) is 0 Å². The Kier molecular flexibility index (Phi) is 7.63. The Labute approximate surface area is 179 Å². The molecule has 0 bridgehead atoms. The Balaban J connectivity index is 2.52. The number of methoxy groups -OCH3 is 1. The van der Waals surface area contributed by atoms with Crippen molar-refractivity contribution in [3.05, 3.63) is 0 Å². The average molecular weight is 447 g/mol. The smallest absolute Gasteiger partial charge is 0.366 e. The Morgan fingerprint density at radius 2 is 1.74 bits per heavy atom. The number of esters is 3. The predicted molar refractivity (Wildman–Crippen MR) is 100 cm³/mol. The highest BCUT2D eigenvalue weighted by Gasteiger charge is 2.58. The minimum Gasteiger partial charge on any atom is -0.465 e. The number of amides is 1. The summed E-state index contributed by atoms with van der Waals surface area (Å²) in [5.74, 6) is -6.64. The monoisotopic (exact) mass is 447 g/mol. The van der Waals surface area contributed by atoms with E-state index < -0.39 is 72.3 Å². The number of carbonyl (C=O) groups excluding carboxylic acids is 4. The Bertz CT molecular complexity index is 724. The van der Waals surface area contributed by atoms with Crippen molar-refractivity contribution >= 4 is 23.8 Å². The fraction of sp³-hybridized carbons (Fsp3) is 0.789. The maximum atomic E-state index is 12.3. The van der Waals surface area contributed by atoms with Crippen molar-refractivity contribution < 1.29 is 52.7 Å². The standard InChI is InChI=1S/C19H29NO11/c1-9(21)20-14-12(28-10(2)22)7-19(25,17(24)26-6)31-16(14)15(29-11(3)23)13-8-27-18(4,5)30-13/h12-16,25H,7-8H2,1-6H3,(H,20,21)/t12-,13-,14-,15-,16?,19+/m1/s1. The van der Waals surface area contributed by atoms with Crippen molar-refractivity contribution in [1.29, 1.82) is 0 Å². The number of hydrogen-bond acceptors (Lipinski definition) is 11. The lowest BCUT2D eigenvalue weighted by Crippen LogP contribution is -2.68. The summed E-state index contributed by atoms with van der Waals surface area (Å²) in [6.45, 7) is 6.80. The van der Waals surface area contributed by atoms with Gasteiger partial charge in [0.25, 0.3) is 5.79 Å². The van der Waals surface area contributed by atoms with Crippen molar-refractivity contribution in [3.8, 4) is 0 Å². The van der Waals surface area contributed by atoms with Gasteiger partial charge in [0.05, 0.1) is 26.2 Å². The van der Waals surface area contributed by atoms with E-state index >= 15 is 0 Å². The van der Waals surface area contributed by atoms with Crippen LogP contribution in [0.25, 0.3) is 0 Å². The predicted octanol–water partition coefficient (Wildman–Crippen LogP) is -0.843. The Hall–Kier alpha value is -2.28. The molecule has 0 saturated carbocycles. The first kappa shape index (κ1) is 25.0. The summed E-state index contributed by atoms with van der Waals surface area (Å²) in [7, 11) is 1.04. The first-order valence-electron chi connectivity index (χ1n) is 9.70. The molecule has 2 saturated heterocycles. The summed E-state index contributed by atoms with van der Waals surface area (Å²) in [6.07, 6.45) is -5.22. The van der Waals surface area contributed by atoms with Gasteiger partial charge in [-0.05, 0) is 13.8 Å². The van der Waals surface area contributed by atoms with Crippen molar-refractivity contribution in [2.24, 2.45) is 0 Å². The molecule has 2 fully saturated rings. The number of nitrogens with one attached hydrogen (secondary N) is 1. The van der Waals surface area contributed by atoms with Crippen molar-refractivity contribution in [3.63, 3.8) is 0 Å². The maximum absolute atomic E-state index is 12.3. The van der Waals surface area contributed by atoms with E-state index in [-0.39, 0.29) is 6.61 Å². The van der Waals surface area contributed by atoms with Gasteiger partial charge in [0.1, 0.15) is 18.3 Å². The topological polar surface area (TPSA) is 156 Å². The fourth-order valence-electron chi connectivity index (χ4n) is 3.68. The lowest BCUT2D eigenvalue weighted by Gasteiger charge is -2.46. The third-order valence-corrected chi connectivity index (χ3v) is 4.78. The molecule has 1 unspecified atom stereocenters. The summed E-state index contributed by atoms with van der Waals surface area (Å²) >= 11 is 0. The van der Waals surface area contributed by atoms with Crippen molar-refractivity contribution in [2.45, 2.75) is 83.1 Å². The van der Waals surface area contributed by atoms with E-state index in [0.29, 0.717) is 0 Å². The van der Waals surface area contributed by atoms with Gasteiger partial charge in [0.15, 0.2) is 11.9 Å². The fourth-order valence-corrected chi connectivity index (χ4v) is 3.68. The third kappa shape index (κ3) is 6.12. The Morgan fingerprint density at radius 3 is 2.19 bits per heavy atom. The van der Waals surface area contributed by atoms with Gasteiger partial charge in [0.2, 0.25) is 5.91 Å². The van der Waals surface area contributed by atoms with Gasteiger partial charge in [-0.1, -0.05) is 0 Å². The van der Waals surface area contributed by atoms with Gasteiger partial charge in [-0.3, -0.25) is 14.4 Å². The van der Waals surface area contributed by atoms with E-state index in [2.05, 4.69) is 10.1 Å². The van der Waals surface area contributed by atoms with Crippen LogP contribution in [0, 0.1) is 0 Å². The first-order valence-corrected chi connectivity index (χ1v) is 9.70. The van der Waals surface area contributed by atoms with Crippen LogP contribution in [0.5, 0.6) is 0 Å². The largest absolute Gasteiger partial charge is 0.465 e. The molecule has 6 atom stereocenters. The van der Waals surface area contributed by atoms with Crippen LogP contribution < -0.4 is 5.32 Å². The van der Waals surface area contributed by atoms with Crippen molar-refractivity contribution in [1.82, 2.24) is 5.32 Å². The second-order valence-electron chi connectivity index (χ2n) is 7.88. The lowest BCUT2D eigenvalue weighted by molar-refractivity contribution is -0.299. The Morgan fingerprint density at radius 1 is 1.10 bits per heavy atom. The lowest BCUT2D eigenvalue weighted by atomic mass is 9.88. The van der Waals surface area contributed by atoms with Crippen LogP contribution in [-0.4, -0.2) is 84.7 Å². The molecular weight excluding hydrogens is 418 g/mol. The second kappa shape index (κ2) is 9.47. The molecule has 2 aliphatic rings. The molecule has 0 aromatic carbocycles. The number of aliphatic hydroxyl groups is 1. The summed E-state index contributed by atoms with van der Waals surface area (Å²) in [6, 6.07) is -1.09. The zero-order valence-electron chi connectivity index (χ0n) is 18.3. The summed E-state index contributed by atoms with van der Waals surface area (Å²) in [5, 5.41) is 13.4. The van der Waals surface area contributed by atoms with Gasteiger partial charge in [-0.2, -0.15) is 0 Å². The van der Waals surface area contributed by atoms with Crippen LogP contribution in [-0.2, 0) is 47.6 Å². The second-order valence-corrected chi connectivity index (χ2v) is 7.88. The molecular formula is C19H29NO11. The van der Waals surface area contributed by atoms with E-state index in [1.54, 1.807) is 13.8 Å². The van der Waals surface area contributed by atoms with Crippen LogP contribution in [0.2, 0.25) is 0 Å². The normalized spacial score (nSPS) is 33.1. The summed E-state index contributed by atoms with van der Waals surface area (Å²) in [4.78, 5) is 47.7. The van der Waals surface area contributed by atoms with E-state index in [4.69, 9.17) is 23.7 Å². The number of rotatable bonds is 6. The molecule has 0 aliphatic carbocycles. The molecule has 2 rings (SSSR count). The zero-order chi connectivity index (χ0) is 23.6. The molecule has 2 heterocycles. The van der Waals surface area contributed by atoms with Gasteiger partial charge >= 0.3 is 17.9 Å². The van der Waals surface area contributed by atoms with Gasteiger partial charge in [0, 0.05) is 20.8 Å². The van der Waals surface area contributed by atoms with E-state index in [0.717, 1.165) is 21.0 Å². The highest BCUT2D eigenvalue weighted by Crippen LogP contribution is 2.36. The number of ether oxygens (including phenoxy) is 6. The molecule has 0 aromatic rings. The van der Waals surface area contributed by atoms with E-state index in [1.165, 1.54) is 6.92 Å². The first-order chi connectivity index (χ1) is 14.3. The van der Waals surface area contributed by atoms with Gasteiger partial charge in [-0.25, -0.2) is 4.79 Å². The third-order valence-electron chi connectivity index (χ3n) is 4.78. The van der Waals surface area contributed by atoms with Crippen LogP contribution in [0.15, 0.2) is 0 Å². The molecule has 1 amide bonds.